The molecule has 3 aromatic rings. The summed E-state index contributed by atoms with van der Waals surface area (Å²) in [6.45, 7) is 9.49. The lowest BCUT2D eigenvalue weighted by molar-refractivity contribution is 0.0595. The van der Waals surface area contributed by atoms with Crippen molar-refractivity contribution in [1.82, 2.24) is 14.2 Å². The zero-order chi connectivity index (χ0) is 24.3. The fraction of sp³-hybridized carbons (Fsp3) is 0.280. The number of methoxy groups -OCH3 is 1. The van der Waals surface area contributed by atoms with Crippen LogP contribution in [-0.4, -0.2) is 55.3 Å². The highest BCUT2D eigenvalue weighted by Gasteiger charge is 2.36. The van der Waals surface area contributed by atoms with E-state index in [0.717, 1.165) is 38.2 Å². The number of sulfonamides is 1. The summed E-state index contributed by atoms with van der Waals surface area (Å²) in [4.78, 5) is 20.4. The molecule has 4 rings (SSSR count). The van der Waals surface area contributed by atoms with Gasteiger partial charge in [-0.25, -0.2) is 13.2 Å². The third-order valence-electron chi connectivity index (χ3n) is 5.84. The van der Waals surface area contributed by atoms with Crippen LogP contribution in [0.3, 0.4) is 0 Å². The number of aromatic nitrogens is 1. The second-order valence-corrected chi connectivity index (χ2v) is 11.2. The van der Waals surface area contributed by atoms with Gasteiger partial charge in [0.1, 0.15) is 4.21 Å². The van der Waals surface area contributed by atoms with Crippen LogP contribution in [0.15, 0.2) is 66.0 Å². The molecule has 7 nitrogen and oxygen atoms in total. The monoisotopic (exact) mass is 497 g/mol. The van der Waals surface area contributed by atoms with E-state index >= 15 is 0 Å². The normalized spacial score (nSPS) is 14.2. The minimum absolute atomic E-state index is 0.0294. The van der Waals surface area contributed by atoms with Gasteiger partial charge >= 0.3 is 5.97 Å². The van der Waals surface area contributed by atoms with Gasteiger partial charge in [-0.2, -0.15) is 4.31 Å². The van der Waals surface area contributed by atoms with Gasteiger partial charge in [-0.3, -0.25) is 9.88 Å². The first-order valence-electron chi connectivity index (χ1n) is 10.9. The molecule has 0 N–H and O–H groups in total. The van der Waals surface area contributed by atoms with Gasteiger partial charge in [0.25, 0.3) is 10.0 Å². The smallest absolute Gasteiger partial charge is 0.340 e. The van der Waals surface area contributed by atoms with E-state index < -0.39 is 16.0 Å². The van der Waals surface area contributed by atoms with Gasteiger partial charge in [0, 0.05) is 49.2 Å². The molecule has 2 aromatic heterocycles. The number of esters is 1. The van der Waals surface area contributed by atoms with E-state index in [-0.39, 0.29) is 22.9 Å². The van der Waals surface area contributed by atoms with Crippen molar-refractivity contribution >= 4 is 38.2 Å². The molecule has 178 valence electrons. The summed E-state index contributed by atoms with van der Waals surface area (Å²) in [5.74, 6) is -0.625. The Hall–Kier alpha value is -2.85. The van der Waals surface area contributed by atoms with E-state index in [1.165, 1.54) is 23.6 Å². The Morgan fingerprint density at radius 1 is 1.24 bits per heavy atom. The molecule has 0 atom stereocenters. The van der Waals surface area contributed by atoms with E-state index in [4.69, 9.17) is 4.74 Å². The molecule has 9 heteroatoms. The number of fused-ring (bicyclic) bond motifs is 2. The minimum atomic E-state index is -3.93. The maximum absolute atomic E-state index is 13.5. The molecular weight excluding hydrogens is 470 g/mol. The van der Waals surface area contributed by atoms with Crippen LogP contribution in [0, 0.1) is 0 Å². The van der Waals surface area contributed by atoms with Crippen LogP contribution in [0.1, 0.15) is 26.4 Å². The molecule has 1 aliphatic heterocycles. The molecule has 0 unspecified atom stereocenters. The molecule has 1 aliphatic rings. The first-order chi connectivity index (χ1) is 16.4. The van der Waals surface area contributed by atoms with Crippen LogP contribution < -0.4 is 0 Å². The largest absolute Gasteiger partial charge is 0.465 e. The maximum Gasteiger partial charge on any atom is 0.340 e. The van der Waals surface area contributed by atoms with Gasteiger partial charge in [0.05, 0.1) is 18.2 Å². The number of hydrogen-bond donors (Lipinski definition) is 0. The Bertz CT molecular complexity index is 1330. The molecule has 0 fully saturated rings. The molecule has 0 saturated carbocycles. The Morgan fingerprint density at radius 2 is 1.97 bits per heavy atom. The Balaban J connectivity index is 1.69. The molecule has 3 heterocycles. The van der Waals surface area contributed by atoms with Crippen LogP contribution in [0.25, 0.3) is 10.9 Å². The summed E-state index contributed by atoms with van der Waals surface area (Å²) in [5, 5.41) is 1.08. The van der Waals surface area contributed by atoms with E-state index in [0.29, 0.717) is 26.1 Å². The zero-order valence-electron chi connectivity index (χ0n) is 19.1. The number of pyridine rings is 1. The molecular formula is C25H27N3O4S2. The van der Waals surface area contributed by atoms with Gasteiger partial charge in [-0.1, -0.05) is 36.4 Å². The van der Waals surface area contributed by atoms with Gasteiger partial charge in [-0.15, -0.1) is 24.5 Å². The van der Waals surface area contributed by atoms with Crippen LogP contribution in [0.5, 0.6) is 0 Å². The minimum Gasteiger partial charge on any atom is -0.465 e. The summed E-state index contributed by atoms with van der Waals surface area (Å²) in [6.07, 6.45) is 5.39. The standard InChI is InChI=1S/C25H27N3O4S2/c1-4-13-28(14-5-2)34(30,31)25-22(24(29)32-3)20-11-15-27(17-21(20)33-25)16-19-9-6-8-18-10-7-12-26-23(18)19/h4-10,12H,1-2,11,13-17H2,3H3. The lowest BCUT2D eigenvalue weighted by Crippen LogP contribution is -2.32. The Kier molecular flexibility index (Phi) is 7.27. The number of benzene rings is 1. The summed E-state index contributed by atoms with van der Waals surface area (Å²) in [6, 6.07) is 10.1. The maximum atomic E-state index is 13.5. The van der Waals surface area contributed by atoms with E-state index in [9.17, 15) is 13.2 Å². The molecule has 1 aromatic carbocycles. The third kappa shape index (κ3) is 4.56. The van der Waals surface area contributed by atoms with Crippen molar-refractivity contribution in [2.24, 2.45) is 0 Å². The van der Waals surface area contributed by atoms with Crippen LogP contribution in [-0.2, 0) is 34.3 Å². The highest BCUT2D eigenvalue weighted by molar-refractivity contribution is 7.91. The predicted molar refractivity (Wildman–Crippen MR) is 134 cm³/mol. The molecule has 0 aliphatic carbocycles. The quantitative estimate of drug-likeness (QED) is 0.328. The van der Waals surface area contributed by atoms with Crippen LogP contribution in [0.2, 0.25) is 0 Å². The number of rotatable bonds is 9. The summed E-state index contributed by atoms with van der Waals surface area (Å²) < 4.78 is 33.3. The Morgan fingerprint density at radius 3 is 2.68 bits per heavy atom. The second-order valence-electron chi connectivity index (χ2n) is 8.01. The first kappa shape index (κ1) is 24.3. The van der Waals surface area contributed by atoms with E-state index in [1.807, 2.05) is 24.3 Å². The number of para-hydroxylation sites is 1. The predicted octanol–water partition coefficient (Wildman–Crippen LogP) is 4.00. The SMILES string of the molecule is C=CCN(CC=C)S(=O)(=O)c1sc2c(c1C(=O)OC)CCN(Cc1cccc3cccnc13)C2. The Labute approximate surface area is 204 Å². The molecule has 0 amide bonds. The molecule has 0 spiro atoms. The summed E-state index contributed by atoms with van der Waals surface area (Å²) >= 11 is 1.15. The van der Waals surface area contributed by atoms with Crippen LogP contribution >= 0.6 is 11.3 Å². The lowest BCUT2D eigenvalue weighted by Gasteiger charge is -2.27. The number of carbonyl (C=O) groups excluding carboxylic acids is 1. The molecule has 0 bridgehead atoms. The number of hydrogen-bond acceptors (Lipinski definition) is 7. The van der Waals surface area contributed by atoms with E-state index in [1.54, 1.807) is 6.20 Å². The van der Waals surface area contributed by atoms with Gasteiger partial charge in [0.15, 0.2) is 0 Å². The number of nitrogens with zero attached hydrogens (tertiary/aromatic N) is 3. The summed E-state index contributed by atoms with van der Waals surface area (Å²) in [5.41, 5.74) is 3.00. The fourth-order valence-electron chi connectivity index (χ4n) is 4.27. The van der Waals surface area contributed by atoms with Crippen molar-refractivity contribution < 1.29 is 17.9 Å². The second kappa shape index (κ2) is 10.2. The van der Waals surface area contributed by atoms with Crippen molar-refractivity contribution in [2.75, 3.05) is 26.7 Å². The number of ether oxygens (including phenoxy) is 1. The molecule has 34 heavy (non-hydrogen) atoms. The first-order valence-corrected chi connectivity index (χ1v) is 13.2. The summed E-state index contributed by atoms with van der Waals surface area (Å²) in [7, 11) is -2.66. The van der Waals surface area contributed by atoms with Crippen molar-refractivity contribution in [2.45, 2.75) is 23.7 Å². The van der Waals surface area contributed by atoms with Gasteiger partial charge < -0.3 is 4.74 Å². The lowest BCUT2D eigenvalue weighted by atomic mass is 10.0. The average Bonchev–Trinajstić information content (AvgIpc) is 3.23. The number of thiophene rings is 1. The van der Waals surface area contributed by atoms with Crippen molar-refractivity contribution in [3.63, 3.8) is 0 Å². The molecule has 0 radical (unpaired) electrons. The third-order valence-corrected chi connectivity index (χ3v) is 9.39. The van der Waals surface area contributed by atoms with Crippen molar-refractivity contribution in [3.8, 4) is 0 Å². The van der Waals surface area contributed by atoms with E-state index in [2.05, 4.69) is 29.1 Å². The molecule has 0 saturated heterocycles. The fourth-order valence-corrected chi connectivity index (χ4v) is 7.72. The highest BCUT2D eigenvalue weighted by atomic mass is 32.2. The zero-order valence-corrected chi connectivity index (χ0v) is 20.7. The van der Waals surface area contributed by atoms with Gasteiger partial charge in [-0.05, 0) is 23.6 Å². The number of carbonyl (C=O) groups is 1. The van der Waals surface area contributed by atoms with Crippen molar-refractivity contribution in [1.29, 1.82) is 0 Å². The average molecular weight is 498 g/mol. The van der Waals surface area contributed by atoms with Crippen molar-refractivity contribution in [3.05, 3.63) is 83.4 Å². The highest BCUT2D eigenvalue weighted by Crippen LogP contribution is 2.38. The van der Waals surface area contributed by atoms with Gasteiger partial charge in [0.2, 0.25) is 0 Å². The van der Waals surface area contributed by atoms with Crippen LogP contribution in [0.4, 0.5) is 0 Å². The topological polar surface area (TPSA) is 79.8 Å².